The van der Waals surface area contributed by atoms with Crippen molar-refractivity contribution in [3.05, 3.63) is 0 Å². The number of hydrogen-bond donors (Lipinski definition) is 2. The number of nitrogens with one attached hydrogen (secondary N) is 2. The van der Waals surface area contributed by atoms with Gasteiger partial charge >= 0.3 is 6.09 Å². The van der Waals surface area contributed by atoms with Crippen molar-refractivity contribution in [2.24, 2.45) is 0 Å². The fraction of sp³-hybridized carbons (Fsp3) is 0.933. The van der Waals surface area contributed by atoms with Crippen LogP contribution in [0.25, 0.3) is 0 Å². The molecule has 0 spiro atoms. The Labute approximate surface area is 140 Å². The summed E-state index contributed by atoms with van der Waals surface area (Å²) in [5, 5.41) is 3.21. The zero-order valence-corrected chi connectivity index (χ0v) is 15.7. The van der Waals surface area contributed by atoms with Crippen LogP contribution in [-0.2, 0) is 14.8 Å². The highest BCUT2D eigenvalue weighted by molar-refractivity contribution is 7.89. The van der Waals surface area contributed by atoms with Gasteiger partial charge in [-0.1, -0.05) is 0 Å². The normalized spacial score (nSPS) is 20.6. The SMILES string of the molecule is CNS(=O)(=O)CCNC(C)CC1CCCN1C(=O)OC(C)(C)C. The molecule has 1 aliphatic rings. The highest BCUT2D eigenvalue weighted by Gasteiger charge is 2.32. The van der Waals surface area contributed by atoms with Gasteiger partial charge in [0.1, 0.15) is 5.60 Å². The van der Waals surface area contributed by atoms with E-state index in [4.69, 9.17) is 4.74 Å². The van der Waals surface area contributed by atoms with E-state index in [1.54, 1.807) is 4.90 Å². The molecule has 0 aromatic heterocycles. The van der Waals surface area contributed by atoms with E-state index in [-0.39, 0.29) is 23.9 Å². The van der Waals surface area contributed by atoms with Gasteiger partial charge in [0.25, 0.3) is 0 Å². The maximum absolute atomic E-state index is 12.2. The molecule has 1 fully saturated rings. The van der Waals surface area contributed by atoms with Crippen LogP contribution in [0.2, 0.25) is 0 Å². The third-order valence-corrected chi connectivity index (χ3v) is 5.17. The number of likely N-dealkylation sites (tertiary alicyclic amines) is 1. The highest BCUT2D eigenvalue weighted by atomic mass is 32.2. The Morgan fingerprint density at radius 3 is 2.61 bits per heavy atom. The fourth-order valence-electron chi connectivity index (χ4n) is 2.67. The lowest BCUT2D eigenvalue weighted by atomic mass is 10.1. The Morgan fingerprint density at radius 2 is 2.04 bits per heavy atom. The number of ether oxygens (including phenoxy) is 1. The van der Waals surface area contributed by atoms with Gasteiger partial charge in [0, 0.05) is 25.2 Å². The van der Waals surface area contributed by atoms with E-state index in [9.17, 15) is 13.2 Å². The molecule has 7 nitrogen and oxygen atoms in total. The first-order valence-electron chi connectivity index (χ1n) is 8.18. The van der Waals surface area contributed by atoms with Gasteiger partial charge in [0.2, 0.25) is 10.0 Å². The summed E-state index contributed by atoms with van der Waals surface area (Å²) in [5.41, 5.74) is -0.490. The van der Waals surface area contributed by atoms with Crippen LogP contribution in [-0.4, -0.2) is 63.0 Å². The third-order valence-electron chi connectivity index (χ3n) is 3.81. The minimum absolute atomic E-state index is 0.0499. The van der Waals surface area contributed by atoms with Gasteiger partial charge in [-0.2, -0.15) is 0 Å². The van der Waals surface area contributed by atoms with Crippen LogP contribution < -0.4 is 10.0 Å². The summed E-state index contributed by atoms with van der Waals surface area (Å²) >= 11 is 0. The van der Waals surface area contributed by atoms with E-state index in [1.807, 2.05) is 27.7 Å². The Balaban J connectivity index is 2.44. The number of hydrogen-bond acceptors (Lipinski definition) is 5. The number of rotatable bonds is 7. The van der Waals surface area contributed by atoms with E-state index in [0.29, 0.717) is 6.54 Å². The number of carbonyl (C=O) groups is 1. The fourth-order valence-corrected chi connectivity index (χ4v) is 3.27. The monoisotopic (exact) mass is 349 g/mol. The van der Waals surface area contributed by atoms with Crippen LogP contribution in [0, 0.1) is 0 Å². The van der Waals surface area contributed by atoms with Crippen molar-refractivity contribution < 1.29 is 17.9 Å². The smallest absolute Gasteiger partial charge is 0.410 e. The van der Waals surface area contributed by atoms with Gasteiger partial charge in [0.05, 0.1) is 5.75 Å². The summed E-state index contributed by atoms with van der Waals surface area (Å²) in [6, 6.07) is 0.281. The zero-order chi connectivity index (χ0) is 17.7. The zero-order valence-electron chi connectivity index (χ0n) is 14.9. The predicted molar refractivity (Wildman–Crippen MR) is 90.9 cm³/mol. The highest BCUT2D eigenvalue weighted by Crippen LogP contribution is 2.23. The Morgan fingerprint density at radius 1 is 1.39 bits per heavy atom. The lowest BCUT2D eigenvalue weighted by molar-refractivity contribution is 0.0215. The number of sulfonamides is 1. The summed E-state index contributed by atoms with van der Waals surface area (Å²) in [6.45, 7) is 8.72. The van der Waals surface area contributed by atoms with Crippen LogP contribution in [0.5, 0.6) is 0 Å². The maximum atomic E-state index is 12.2. The Hall–Kier alpha value is -0.860. The summed E-state index contributed by atoms with van der Waals surface area (Å²) in [4.78, 5) is 14.0. The van der Waals surface area contributed by atoms with Crippen LogP contribution in [0.4, 0.5) is 4.79 Å². The molecule has 136 valence electrons. The molecule has 0 aliphatic carbocycles. The molecule has 1 heterocycles. The molecule has 0 saturated carbocycles. The second kappa shape index (κ2) is 8.30. The number of amides is 1. The molecular weight excluding hydrogens is 318 g/mol. The average molecular weight is 349 g/mol. The topological polar surface area (TPSA) is 87.7 Å². The molecule has 2 atom stereocenters. The third kappa shape index (κ3) is 7.50. The summed E-state index contributed by atoms with van der Waals surface area (Å²) in [7, 11) is -1.77. The Kier molecular flexibility index (Phi) is 7.29. The van der Waals surface area contributed by atoms with E-state index in [0.717, 1.165) is 25.8 Å². The summed E-state index contributed by atoms with van der Waals surface area (Å²) < 4.78 is 30.5. The van der Waals surface area contributed by atoms with E-state index in [2.05, 4.69) is 10.0 Å². The molecule has 1 rings (SSSR count). The van der Waals surface area contributed by atoms with Crippen molar-refractivity contribution in [3.8, 4) is 0 Å². The molecule has 2 N–H and O–H groups in total. The lowest BCUT2D eigenvalue weighted by Crippen LogP contribution is -2.43. The van der Waals surface area contributed by atoms with Gasteiger partial charge < -0.3 is 15.0 Å². The van der Waals surface area contributed by atoms with Gasteiger partial charge in [-0.05, 0) is 54.0 Å². The van der Waals surface area contributed by atoms with E-state index < -0.39 is 15.6 Å². The van der Waals surface area contributed by atoms with Crippen molar-refractivity contribution in [1.82, 2.24) is 14.9 Å². The van der Waals surface area contributed by atoms with Gasteiger partial charge in [-0.15, -0.1) is 0 Å². The van der Waals surface area contributed by atoms with Gasteiger partial charge in [0.15, 0.2) is 0 Å². The van der Waals surface area contributed by atoms with Crippen LogP contribution >= 0.6 is 0 Å². The number of nitrogens with zero attached hydrogens (tertiary/aromatic N) is 1. The van der Waals surface area contributed by atoms with Crippen LogP contribution in [0.1, 0.15) is 47.0 Å². The second-order valence-corrected chi connectivity index (χ2v) is 9.13. The summed E-state index contributed by atoms with van der Waals surface area (Å²) in [6.07, 6.45) is 2.47. The second-order valence-electron chi connectivity index (χ2n) is 7.08. The molecule has 23 heavy (non-hydrogen) atoms. The molecular formula is C15H31N3O4S. The lowest BCUT2D eigenvalue weighted by Gasteiger charge is -2.30. The van der Waals surface area contributed by atoms with Crippen molar-refractivity contribution in [2.75, 3.05) is 25.9 Å². The molecule has 1 amide bonds. The molecule has 8 heteroatoms. The minimum Gasteiger partial charge on any atom is -0.444 e. The maximum Gasteiger partial charge on any atom is 0.410 e. The van der Waals surface area contributed by atoms with Gasteiger partial charge in [-0.25, -0.2) is 17.9 Å². The Bertz CT molecular complexity index is 487. The van der Waals surface area contributed by atoms with Crippen molar-refractivity contribution in [1.29, 1.82) is 0 Å². The molecule has 1 aliphatic heterocycles. The molecule has 1 saturated heterocycles. The molecule has 0 aromatic carbocycles. The van der Waals surface area contributed by atoms with Gasteiger partial charge in [-0.3, -0.25) is 0 Å². The van der Waals surface area contributed by atoms with Crippen molar-refractivity contribution in [2.45, 2.75) is 64.6 Å². The quantitative estimate of drug-likeness (QED) is 0.723. The first kappa shape index (κ1) is 20.2. The van der Waals surface area contributed by atoms with Crippen LogP contribution in [0.3, 0.4) is 0 Å². The standard InChI is InChI=1S/C15H31N3O4S/c1-12(17-8-10-23(20,21)16-5)11-13-7-6-9-18(13)14(19)22-15(2,3)4/h12-13,16-17H,6-11H2,1-5H3. The molecule has 2 unspecified atom stereocenters. The first-order chi connectivity index (χ1) is 10.5. The van der Waals surface area contributed by atoms with Crippen LogP contribution in [0.15, 0.2) is 0 Å². The molecule has 0 bridgehead atoms. The summed E-state index contributed by atoms with van der Waals surface area (Å²) in [5.74, 6) is 0.0499. The first-order valence-corrected chi connectivity index (χ1v) is 9.83. The van der Waals surface area contributed by atoms with Crippen molar-refractivity contribution in [3.63, 3.8) is 0 Å². The van der Waals surface area contributed by atoms with Crippen molar-refractivity contribution >= 4 is 16.1 Å². The predicted octanol–water partition coefficient (Wildman–Crippen LogP) is 1.30. The minimum atomic E-state index is -3.18. The largest absolute Gasteiger partial charge is 0.444 e. The van der Waals surface area contributed by atoms with E-state index in [1.165, 1.54) is 7.05 Å². The average Bonchev–Trinajstić information content (AvgIpc) is 2.84. The molecule has 0 radical (unpaired) electrons. The van der Waals surface area contributed by atoms with E-state index >= 15 is 0 Å². The molecule has 0 aromatic rings. The number of carbonyl (C=O) groups excluding carboxylic acids is 1.